The fourth-order valence-electron chi connectivity index (χ4n) is 1.66. The number of aryl methyl sites for hydroxylation is 1. The summed E-state index contributed by atoms with van der Waals surface area (Å²) < 4.78 is 7.17. The summed E-state index contributed by atoms with van der Waals surface area (Å²) in [4.78, 5) is 4.17. The molecule has 5 heteroatoms. The summed E-state index contributed by atoms with van der Waals surface area (Å²) in [5.74, 6) is 0.662. The van der Waals surface area contributed by atoms with Crippen LogP contribution in [0.5, 0.6) is 5.75 Å². The minimum Gasteiger partial charge on any atom is -0.629 e. The topological polar surface area (TPSA) is 54.6 Å². The number of quaternary nitrogens is 1. The van der Waals surface area contributed by atoms with Crippen LogP contribution in [0.2, 0.25) is 0 Å². The van der Waals surface area contributed by atoms with Crippen LogP contribution in [0.25, 0.3) is 5.69 Å². The molecule has 0 aliphatic heterocycles. The highest BCUT2D eigenvalue weighted by molar-refractivity contribution is 5.53. The Bertz CT molecular complexity index is 520. The minimum atomic E-state index is 0.0247. The van der Waals surface area contributed by atoms with Gasteiger partial charge in [0.05, 0.1) is 31.9 Å². The Morgan fingerprint density at radius 3 is 2.71 bits per heavy atom. The van der Waals surface area contributed by atoms with Crippen molar-refractivity contribution in [2.24, 2.45) is 0 Å². The van der Waals surface area contributed by atoms with Crippen molar-refractivity contribution >= 4 is 5.69 Å². The van der Waals surface area contributed by atoms with Gasteiger partial charge in [0, 0.05) is 18.3 Å². The van der Waals surface area contributed by atoms with Gasteiger partial charge in [0.2, 0.25) is 0 Å². The van der Waals surface area contributed by atoms with E-state index >= 15 is 0 Å². The van der Waals surface area contributed by atoms with Crippen molar-refractivity contribution in [3.63, 3.8) is 0 Å². The Morgan fingerprint density at radius 1 is 1.41 bits per heavy atom. The fourth-order valence-corrected chi connectivity index (χ4v) is 1.66. The molecule has 0 aliphatic rings. The van der Waals surface area contributed by atoms with E-state index in [0.29, 0.717) is 11.4 Å². The van der Waals surface area contributed by atoms with Crippen LogP contribution in [-0.4, -0.2) is 23.7 Å². The number of hydrogen-bond donors (Lipinski definition) is 1. The van der Waals surface area contributed by atoms with Crippen LogP contribution in [0.1, 0.15) is 5.69 Å². The maximum atomic E-state index is 11.3. The first-order chi connectivity index (χ1) is 8.11. The predicted octanol–water partition coefficient (Wildman–Crippen LogP) is 0.833. The summed E-state index contributed by atoms with van der Waals surface area (Å²) in [6.07, 6.45) is 3.63. The van der Waals surface area contributed by atoms with Crippen LogP contribution in [-0.2, 0) is 0 Å². The molecule has 1 unspecified atom stereocenters. The van der Waals surface area contributed by atoms with E-state index in [1.807, 2.05) is 23.8 Å². The molecule has 1 heterocycles. The highest BCUT2D eigenvalue weighted by Gasteiger charge is 2.09. The number of aromatic nitrogens is 2. The van der Waals surface area contributed by atoms with E-state index in [1.165, 1.54) is 7.05 Å². The molecule has 0 saturated heterocycles. The molecule has 0 amide bonds. The van der Waals surface area contributed by atoms with E-state index < -0.39 is 0 Å². The molecule has 5 nitrogen and oxygen atoms in total. The van der Waals surface area contributed by atoms with Crippen molar-refractivity contribution < 1.29 is 9.80 Å². The Morgan fingerprint density at radius 2 is 2.18 bits per heavy atom. The van der Waals surface area contributed by atoms with Crippen LogP contribution < -0.4 is 9.80 Å². The average Bonchev–Trinajstić information content (AvgIpc) is 2.74. The molecule has 0 saturated carbocycles. The van der Waals surface area contributed by atoms with E-state index in [0.717, 1.165) is 11.4 Å². The fraction of sp³-hybridized carbons (Fsp3) is 0.250. The van der Waals surface area contributed by atoms with Crippen molar-refractivity contribution in [3.8, 4) is 11.4 Å². The zero-order valence-corrected chi connectivity index (χ0v) is 10.1. The lowest BCUT2D eigenvalue weighted by Gasteiger charge is -2.17. The molecule has 1 aromatic carbocycles. The number of hydroxylamine groups is 1. The van der Waals surface area contributed by atoms with Gasteiger partial charge in [0.1, 0.15) is 11.4 Å². The minimum absolute atomic E-state index is 0.0247. The average molecular weight is 233 g/mol. The second-order valence-corrected chi connectivity index (χ2v) is 3.87. The summed E-state index contributed by atoms with van der Waals surface area (Å²) >= 11 is 0. The quantitative estimate of drug-likeness (QED) is 0.799. The monoisotopic (exact) mass is 233 g/mol. The molecular formula is C12H15N3O2. The van der Waals surface area contributed by atoms with Gasteiger partial charge in [-0.05, 0) is 13.0 Å². The number of benzene rings is 1. The third kappa shape index (κ3) is 2.30. The third-order valence-electron chi connectivity index (χ3n) is 2.58. The molecule has 0 spiro atoms. The maximum Gasteiger partial charge on any atom is 0.148 e. The van der Waals surface area contributed by atoms with E-state index in [-0.39, 0.29) is 5.06 Å². The standard InChI is InChI=1S/C12H15N3O2/c1-9-7-15(8-13-9)11-5-4-10(14(2)16)6-12(11)17-3/h4-8,14H,1-3H3. The summed E-state index contributed by atoms with van der Waals surface area (Å²) in [7, 11) is 3.13. The molecule has 1 N–H and O–H groups in total. The first-order valence-corrected chi connectivity index (χ1v) is 5.32. The molecule has 0 fully saturated rings. The van der Waals surface area contributed by atoms with Crippen molar-refractivity contribution in [2.45, 2.75) is 6.92 Å². The molecular weight excluding hydrogens is 218 g/mol. The number of imidazole rings is 1. The van der Waals surface area contributed by atoms with Gasteiger partial charge in [-0.3, -0.25) is 0 Å². The lowest BCUT2D eigenvalue weighted by molar-refractivity contribution is -0.751. The lowest BCUT2D eigenvalue weighted by Crippen LogP contribution is -2.98. The Balaban J connectivity index is 2.48. The summed E-state index contributed by atoms with van der Waals surface area (Å²) in [5.41, 5.74) is 2.45. The van der Waals surface area contributed by atoms with Gasteiger partial charge in [-0.25, -0.2) is 4.98 Å². The molecule has 0 radical (unpaired) electrons. The molecule has 2 rings (SSSR count). The van der Waals surface area contributed by atoms with Gasteiger partial charge in [0.15, 0.2) is 0 Å². The van der Waals surface area contributed by atoms with Gasteiger partial charge in [-0.2, -0.15) is 0 Å². The smallest absolute Gasteiger partial charge is 0.148 e. The van der Waals surface area contributed by atoms with Crippen LogP contribution in [0.15, 0.2) is 30.7 Å². The third-order valence-corrected chi connectivity index (χ3v) is 2.58. The highest BCUT2D eigenvalue weighted by Crippen LogP contribution is 2.25. The Labute approximate surface area is 99.8 Å². The molecule has 0 aliphatic carbocycles. The van der Waals surface area contributed by atoms with E-state index in [9.17, 15) is 5.21 Å². The molecule has 1 atom stereocenters. The summed E-state index contributed by atoms with van der Waals surface area (Å²) in [6, 6.07) is 5.39. The molecule has 1 aromatic heterocycles. The van der Waals surface area contributed by atoms with E-state index in [4.69, 9.17) is 4.74 Å². The van der Waals surface area contributed by atoms with Gasteiger partial charge < -0.3 is 19.6 Å². The number of ether oxygens (including phenoxy) is 1. The molecule has 17 heavy (non-hydrogen) atoms. The number of hydrogen-bond acceptors (Lipinski definition) is 3. The SMILES string of the molecule is COc1cc([NH+](C)[O-])ccc1-n1cnc(C)c1. The summed E-state index contributed by atoms with van der Waals surface area (Å²) in [5, 5.41) is 11.3. The van der Waals surface area contributed by atoms with Crippen molar-refractivity contribution in [1.29, 1.82) is 0 Å². The highest BCUT2D eigenvalue weighted by atomic mass is 16.5. The van der Waals surface area contributed by atoms with Gasteiger partial charge in [0.25, 0.3) is 0 Å². The van der Waals surface area contributed by atoms with Crippen LogP contribution in [0.4, 0.5) is 5.69 Å². The normalized spacial score (nSPS) is 12.5. The van der Waals surface area contributed by atoms with Crippen molar-refractivity contribution in [3.05, 3.63) is 41.6 Å². The summed E-state index contributed by atoms with van der Waals surface area (Å²) in [6.45, 7) is 1.92. The van der Waals surface area contributed by atoms with Gasteiger partial charge in [-0.1, -0.05) is 0 Å². The second-order valence-electron chi connectivity index (χ2n) is 3.87. The van der Waals surface area contributed by atoms with Crippen molar-refractivity contribution in [2.75, 3.05) is 14.2 Å². The van der Waals surface area contributed by atoms with Gasteiger partial charge in [-0.15, -0.1) is 0 Å². The maximum absolute atomic E-state index is 11.3. The lowest BCUT2D eigenvalue weighted by atomic mass is 10.2. The zero-order valence-electron chi connectivity index (χ0n) is 10.1. The number of nitrogens with zero attached hydrogens (tertiary/aromatic N) is 2. The van der Waals surface area contributed by atoms with Crippen molar-refractivity contribution in [1.82, 2.24) is 9.55 Å². The largest absolute Gasteiger partial charge is 0.629 e. The van der Waals surface area contributed by atoms with Crippen LogP contribution in [0.3, 0.4) is 0 Å². The molecule has 90 valence electrons. The van der Waals surface area contributed by atoms with Crippen LogP contribution in [0, 0.1) is 12.1 Å². The molecule has 2 aromatic rings. The number of nitrogens with one attached hydrogen (secondary N) is 1. The molecule has 0 bridgehead atoms. The van der Waals surface area contributed by atoms with Gasteiger partial charge >= 0.3 is 0 Å². The van der Waals surface area contributed by atoms with E-state index in [2.05, 4.69) is 4.98 Å². The Hall–Kier alpha value is -1.85. The zero-order chi connectivity index (χ0) is 12.4. The predicted molar refractivity (Wildman–Crippen MR) is 64.8 cm³/mol. The van der Waals surface area contributed by atoms with E-state index in [1.54, 1.807) is 25.6 Å². The number of rotatable bonds is 3. The Kier molecular flexibility index (Phi) is 3.12. The second kappa shape index (κ2) is 4.57. The number of methoxy groups -OCH3 is 1. The first kappa shape index (κ1) is 11.6. The first-order valence-electron chi connectivity index (χ1n) is 5.32. The van der Waals surface area contributed by atoms with Crippen LogP contribution >= 0.6 is 0 Å².